The minimum atomic E-state index is -0.426. The number of carbonyl (C=O) groups excluding carboxylic acids is 1. The predicted octanol–water partition coefficient (Wildman–Crippen LogP) is 1.60. The monoisotopic (exact) mass is 266 g/mol. The molecule has 2 N–H and O–H groups in total. The number of ether oxygens (including phenoxy) is 1. The summed E-state index contributed by atoms with van der Waals surface area (Å²) in [6.45, 7) is 1.71. The van der Waals surface area contributed by atoms with E-state index in [-0.39, 0.29) is 5.82 Å². The molecule has 0 fully saturated rings. The Morgan fingerprint density at radius 1 is 1.50 bits per heavy atom. The number of pyridine rings is 1. The maximum absolute atomic E-state index is 11.4. The van der Waals surface area contributed by atoms with Crippen molar-refractivity contribution < 1.29 is 9.53 Å². The van der Waals surface area contributed by atoms with E-state index in [1.807, 2.05) is 0 Å². The molecule has 7 heteroatoms. The van der Waals surface area contributed by atoms with Crippen LogP contribution in [0.3, 0.4) is 0 Å². The molecule has 6 nitrogen and oxygen atoms in total. The van der Waals surface area contributed by atoms with Crippen molar-refractivity contribution in [1.29, 1.82) is 0 Å². The number of nitrogens with zero attached hydrogens (tertiary/aromatic N) is 3. The molecule has 0 aliphatic heterocycles. The van der Waals surface area contributed by atoms with Crippen molar-refractivity contribution >= 4 is 23.4 Å². The number of aromatic nitrogens is 3. The van der Waals surface area contributed by atoms with E-state index in [0.29, 0.717) is 22.1 Å². The van der Waals surface area contributed by atoms with E-state index in [4.69, 9.17) is 17.3 Å². The van der Waals surface area contributed by atoms with Crippen LogP contribution in [0.25, 0.3) is 5.82 Å². The second-order valence-corrected chi connectivity index (χ2v) is 4.01. The quantitative estimate of drug-likeness (QED) is 0.835. The highest BCUT2D eigenvalue weighted by atomic mass is 35.5. The molecule has 94 valence electrons. The van der Waals surface area contributed by atoms with Gasteiger partial charge in [0, 0.05) is 0 Å². The minimum absolute atomic E-state index is 0.230. The smallest absolute Gasteiger partial charge is 0.339 e. The molecule has 0 atom stereocenters. The molecule has 2 heterocycles. The van der Waals surface area contributed by atoms with E-state index >= 15 is 0 Å². The molecule has 0 aliphatic carbocycles. The lowest BCUT2D eigenvalue weighted by atomic mass is 10.2. The Balaban J connectivity index is 2.43. The van der Waals surface area contributed by atoms with E-state index in [0.717, 1.165) is 0 Å². The highest BCUT2D eigenvalue weighted by Gasteiger charge is 2.12. The lowest BCUT2D eigenvalue weighted by Crippen LogP contribution is -2.08. The SMILES string of the molecule is COC(=O)c1ccc(-n2cc(Cl)c(N)n2)nc1C. The van der Waals surface area contributed by atoms with Crippen LogP contribution in [0.5, 0.6) is 0 Å². The van der Waals surface area contributed by atoms with Gasteiger partial charge < -0.3 is 10.5 Å². The number of hydrogen-bond donors (Lipinski definition) is 1. The zero-order chi connectivity index (χ0) is 13.3. The van der Waals surface area contributed by atoms with Crippen LogP contribution in [-0.2, 0) is 4.74 Å². The molecule has 2 aromatic rings. The van der Waals surface area contributed by atoms with E-state index in [2.05, 4.69) is 14.8 Å². The number of esters is 1. The molecule has 0 saturated heterocycles. The molecule has 0 aromatic carbocycles. The summed E-state index contributed by atoms with van der Waals surface area (Å²) in [6, 6.07) is 3.26. The largest absolute Gasteiger partial charge is 0.465 e. The van der Waals surface area contributed by atoms with Gasteiger partial charge in [-0.05, 0) is 19.1 Å². The third-order valence-corrected chi connectivity index (χ3v) is 2.70. The molecule has 0 bridgehead atoms. The average molecular weight is 267 g/mol. The number of nitrogens with two attached hydrogens (primary N) is 1. The number of anilines is 1. The summed E-state index contributed by atoms with van der Waals surface area (Å²) in [5, 5.41) is 4.35. The van der Waals surface area contributed by atoms with Crippen LogP contribution in [0, 0.1) is 6.92 Å². The molecule has 0 radical (unpaired) electrons. The van der Waals surface area contributed by atoms with Gasteiger partial charge in [0.15, 0.2) is 11.6 Å². The molecule has 2 rings (SSSR count). The Labute approximate surface area is 108 Å². The Morgan fingerprint density at radius 2 is 2.22 bits per heavy atom. The maximum atomic E-state index is 11.4. The van der Waals surface area contributed by atoms with Gasteiger partial charge in [0.25, 0.3) is 0 Å². The molecule has 0 amide bonds. The van der Waals surface area contributed by atoms with E-state index in [1.165, 1.54) is 11.8 Å². The molecule has 0 aliphatic rings. The van der Waals surface area contributed by atoms with Gasteiger partial charge >= 0.3 is 5.97 Å². The highest BCUT2D eigenvalue weighted by molar-refractivity contribution is 6.32. The first kappa shape index (κ1) is 12.4. The number of carbonyl (C=O) groups is 1. The first-order valence-electron chi connectivity index (χ1n) is 5.10. The molecule has 0 unspecified atom stereocenters. The van der Waals surface area contributed by atoms with E-state index in [1.54, 1.807) is 25.3 Å². The van der Waals surface area contributed by atoms with Crippen molar-refractivity contribution in [2.75, 3.05) is 12.8 Å². The van der Waals surface area contributed by atoms with Crippen LogP contribution in [0.15, 0.2) is 18.3 Å². The number of hydrogen-bond acceptors (Lipinski definition) is 5. The van der Waals surface area contributed by atoms with Crippen LogP contribution >= 0.6 is 11.6 Å². The topological polar surface area (TPSA) is 83.0 Å². The molecular weight excluding hydrogens is 256 g/mol. The van der Waals surface area contributed by atoms with Crippen molar-refractivity contribution in [2.24, 2.45) is 0 Å². The number of halogens is 1. The number of aryl methyl sites for hydroxylation is 1. The zero-order valence-corrected chi connectivity index (χ0v) is 10.6. The number of rotatable bonds is 2. The second-order valence-electron chi connectivity index (χ2n) is 3.60. The summed E-state index contributed by atoms with van der Waals surface area (Å²) < 4.78 is 6.09. The van der Waals surface area contributed by atoms with Crippen LogP contribution in [0.2, 0.25) is 5.02 Å². The highest BCUT2D eigenvalue weighted by Crippen LogP contribution is 2.18. The van der Waals surface area contributed by atoms with Crippen molar-refractivity contribution in [3.63, 3.8) is 0 Å². The van der Waals surface area contributed by atoms with Crippen LogP contribution in [-0.4, -0.2) is 27.8 Å². The Morgan fingerprint density at radius 3 is 2.72 bits per heavy atom. The summed E-state index contributed by atoms with van der Waals surface area (Å²) in [5.41, 5.74) is 6.51. The van der Waals surface area contributed by atoms with E-state index < -0.39 is 5.97 Å². The standard InChI is InChI=1S/C11H11ClN4O2/c1-6-7(11(17)18-2)3-4-9(14-6)16-5-8(12)10(13)15-16/h3-5H,1-2H3,(H2,13,15). The summed E-state index contributed by atoms with van der Waals surface area (Å²) in [4.78, 5) is 15.7. The molecule has 2 aromatic heterocycles. The lowest BCUT2D eigenvalue weighted by Gasteiger charge is -2.05. The van der Waals surface area contributed by atoms with E-state index in [9.17, 15) is 4.79 Å². The average Bonchev–Trinajstić information content (AvgIpc) is 2.68. The Hall–Kier alpha value is -2.08. The normalized spacial score (nSPS) is 10.4. The second kappa shape index (κ2) is 4.66. The first-order chi connectivity index (χ1) is 8.52. The third-order valence-electron chi connectivity index (χ3n) is 2.41. The predicted molar refractivity (Wildman–Crippen MR) is 66.9 cm³/mol. The van der Waals surface area contributed by atoms with Crippen molar-refractivity contribution in [3.8, 4) is 5.82 Å². The van der Waals surface area contributed by atoms with Gasteiger partial charge in [-0.25, -0.2) is 14.5 Å². The Bertz CT molecular complexity index is 590. The van der Waals surface area contributed by atoms with Gasteiger partial charge in [0.1, 0.15) is 5.02 Å². The zero-order valence-electron chi connectivity index (χ0n) is 9.85. The summed E-state index contributed by atoms with van der Waals surface area (Å²) in [7, 11) is 1.32. The maximum Gasteiger partial charge on any atom is 0.339 e. The molecule has 0 spiro atoms. The summed E-state index contributed by atoms with van der Waals surface area (Å²) in [5.74, 6) is 0.330. The van der Waals surface area contributed by atoms with Crippen molar-refractivity contribution in [3.05, 3.63) is 34.6 Å². The fourth-order valence-corrected chi connectivity index (χ4v) is 1.61. The lowest BCUT2D eigenvalue weighted by molar-refractivity contribution is 0.0599. The van der Waals surface area contributed by atoms with Crippen molar-refractivity contribution in [2.45, 2.75) is 6.92 Å². The molecule has 18 heavy (non-hydrogen) atoms. The molecular formula is C11H11ClN4O2. The molecule has 0 saturated carbocycles. The Kier molecular flexibility index (Phi) is 3.20. The van der Waals surface area contributed by atoms with Crippen LogP contribution in [0.1, 0.15) is 16.1 Å². The first-order valence-corrected chi connectivity index (χ1v) is 5.47. The van der Waals surface area contributed by atoms with Gasteiger partial charge in [-0.15, -0.1) is 5.10 Å². The summed E-state index contributed by atoms with van der Waals surface area (Å²) >= 11 is 5.81. The number of methoxy groups -OCH3 is 1. The van der Waals surface area contributed by atoms with Crippen LogP contribution < -0.4 is 5.73 Å². The van der Waals surface area contributed by atoms with Gasteiger partial charge in [-0.1, -0.05) is 11.6 Å². The fourth-order valence-electron chi connectivity index (χ4n) is 1.48. The third kappa shape index (κ3) is 2.14. The fraction of sp³-hybridized carbons (Fsp3) is 0.182. The van der Waals surface area contributed by atoms with Crippen molar-refractivity contribution in [1.82, 2.24) is 14.8 Å². The van der Waals surface area contributed by atoms with Gasteiger partial charge in [0.2, 0.25) is 0 Å². The van der Waals surface area contributed by atoms with Gasteiger partial charge in [-0.2, -0.15) is 0 Å². The van der Waals surface area contributed by atoms with Gasteiger partial charge in [-0.3, -0.25) is 0 Å². The number of nitrogen functional groups attached to an aromatic ring is 1. The minimum Gasteiger partial charge on any atom is -0.465 e. The summed E-state index contributed by atoms with van der Waals surface area (Å²) in [6.07, 6.45) is 1.55. The van der Waals surface area contributed by atoms with Gasteiger partial charge in [0.05, 0.1) is 24.6 Å². The van der Waals surface area contributed by atoms with Crippen LogP contribution in [0.4, 0.5) is 5.82 Å².